The number of benzene rings is 3. The predicted molar refractivity (Wildman–Crippen MR) is 142 cm³/mol. The highest BCUT2D eigenvalue weighted by atomic mass is 19.4. The monoisotopic (exact) mass is 545 g/mol. The number of nitrogens with one attached hydrogen (secondary N) is 1. The summed E-state index contributed by atoms with van der Waals surface area (Å²) in [5, 5.41) is 3.02. The number of alkyl halides is 3. The molecule has 0 fully saturated rings. The van der Waals surface area contributed by atoms with Crippen molar-refractivity contribution in [2.24, 2.45) is 0 Å². The van der Waals surface area contributed by atoms with Crippen molar-refractivity contribution in [1.82, 2.24) is 0 Å². The lowest BCUT2D eigenvalue weighted by molar-refractivity contribution is -0.137. The zero-order valence-electron chi connectivity index (χ0n) is 22.3. The van der Waals surface area contributed by atoms with Crippen LogP contribution in [0.2, 0.25) is 0 Å². The second-order valence-corrected chi connectivity index (χ2v) is 8.33. The standard InChI is InChI=1S/C29H30F3NO6/c1-35-24-15-18(6-7-19-16-25(36-2)28(39-5)26(17-19)37-3)14-22(27(24)38-4)33-13-12-23(34)20-8-10-21(11-9-20)29(30,31)32/h8-17,33H,6-7H2,1-5H3/b13-12-. The van der Waals surface area contributed by atoms with Crippen molar-refractivity contribution in [1.29, 1.82) is 0 Å². The van der Waals surface area contributed by atoms with E-state index in [1.807, 2.05) is 24.3 Å². The summed E-state index contributed by atoms with van der Waals surface area (Å²) in [7, 11) is 7.68. The number of allylic oxidation sites excluding steroid dienone is 1. The number of carbonyl (C=O) groups excluding carboxylic acids is 1. The molecular weight excluding hydrogens is 515 g/mol. The summed E-state index contributed by atoms with van der Waals surface area (Å²) in [6, 6.07) is 11.5. The number of hydrogen-bond acceptors (Lipinski definition) is 7. The Morgan fingerprint density at radius 1 is 0.744 bits per heavy atom. The van der Waals surface area contributed by atoms with Gasteiger partial charge in [0.2, 0.25) is 5.75 Å². The van der Waals surface area contributed by atoms with Gasteiger partial charge in [-0.05, 0) is 60.4 Å². The highest BCUT2D eigenvalue weighted by molar-refractivity contribution is 6.04. The Bertz CT molecular complexity index is 1290. The maximum atomic E-state index is 12.8. The van der Waals surface area contributed by atoms with Gasteiger partial charge in [-0.1, -0.05) is 12.1 Å². The molecule has 3 aromatic rings. The second-order valence-electron chi connectivity index (χ2n) is 8.33. The van der Waals surface area contributed by atoms with Crippen LogP contribution < -0.4 is 29.0 Å². The van der Waals surface area contributed by atoms with Crippen molar-refractivity contribution in [2.45, 2.75) is 19.0 Å². The van der Waals surface area contributed by atoms with Gasteiger partial charge in [-0.15, -0.1) is 0 Å². The molecule has 1 N–H and O–H groups in total. The number of aryl methyl sites for hydroxylation is 2. The van der Waals surface area contributed by atoms with E-state index >= 15 is 0 Å². The Kier molecular flexibility index (Phi) is 9.70. The van der Waals surface area contributed by atoms with E-state index in [9.17, 15) is 18.0 Å². The van der Waals surface area contributed by atoms with E-state index in [2.05, 4.69) is 5.32 Å². The summed E-state index contributed by atoms with van der Waals surface area (Å²) < 4.78 is 65.6. The minimum absolute atomic E-state index is 0.129. The zero-order chi connectivity index (χ0) is 28.6. The Labute approximate surface area is 225 Å². The molecule has 0 aliphatic carbocycles. The molecule has 0 heterocycles. The first-order valence-corrected chi connectivity index (χ1v) is 11.8. The van der Waals surface area contributed by atoms with Crippen LogP contribution in [-0.4, -0.2) is 41.3 Å². The molecular formula is C29H30F3NO6. The smallest absolute Gasteiger partial charge is 0.416 e. The van der Waals surface area contributed by atoms with Gasteiger partial charge in [-0.3, -0.25) is 4.79 Å². The van der Waals surface area contributed by atoms with Crippen molar-refractivity contribution < 1.29 is 41.7 Å². The maximum absolute atomic E-state index is 12.8. The molecule has 0 spiro atoms. The lowest BCUT2D eigenvalue weighted by Gasteiger charge is -2.16. The van der Waals surface area contributed by atoms with E-state index < -0.39 is 17.5 Å². The third kappa shape index (κ3) is 7.16. The van der Waals surface area contributed by atoms with Crippen LogP contribution in [0.3, 0.4) is 0 Å². The molecule has 0 aliphatic heterocycles. The van der Waals surface area contributed by atoms with Gasteiger partial charge in [0.25, 0.3) is 0 Å². The third-order valence-electron chi connectivity index (χ3n) is 5.94. The average molecular weight is 546 g/mol. The molecule has 0 aromatic heterocycles. The summed E-state index contributed by atoms with van der Waals surface area (Å²) in [5.41, 5.74) is 1.75. The number of ketones is 1. The molecule has 0 aliphatic rings. The lowest BCUT2D eigenvalue weighted by Crippen LogP contribution is -2.05. The number of anilines is 1. The molecule has 0 unspecified atom stereocenters. The fourth-order valence-corrected chi connectivity index (χ4v) is 3.97. The minimum atomic E-state index is -4.47. The SMILES string of the molecule is COc1cc(CCc2cc(OC)c(OC)c(OC)c2)cc(N/C=C\C(=O)c2ccc(C(F)(F)F)cc2)c1OC. The van der Waals surface area contributed by atoms with Crippen LogP contribution in [0.25, 0.3) is 0 Å². The normalized spacial score (nSPS) is 11.3. The number of rotatable bonds is 12. The van der Waals surface area contributed by atoms with Gasteiger partial charge in [0.15, 0.2) is 28.8 Å². The number of ether oxygens (including phenoxy) is 5. The maximum Gasteiger partial charge on any atom is 0.416 e. The molecule has 0 bridgehead atoms. The molecule has 10 heteroatoms. The summed E-state index contributed by atoms with van der Waals surface area (Å²) in [6.07, 6.45) is -0.557. The number of carbonyl (C=O) groups is 1. The van der Waals surface area contributed by atoms with Crippen LogP contribution in [-0.2, 0) is 19.0 Å². The largest absolute Gasteiger partial charge is 0.493 e. The number of methoxy groups -OCH3 is 5. The first-order chi connectivity index (χ1) is 18.6. The van der Waals surface area contributed by atoms with Crippen molar-refractivity contribution in [3.05, 3.63) is 83.1 Å². The summed E-state index contributed by atoms with van der Waals surface area (Å²) >= 11 is 0. The lowest BCUT2D eigenvalue weighted by atomic mass is 10.0. The highest BCUT2D eigenvalue weighted by Gasteiger charge is 2.30. The third-order valence-corrected chi connectivity index (χ3v) is 5.94. The van der Waals surface area contributed by atoms with Gasteiger partial charge in [-0.25, -0.2) is 0 Å². The highest BCUT2D eigenvalue weighted by Crippen LogP contribution is 2.40. The molecule has 3 rings (SSSR count). The first-order valence-electron chi connectivity index (χ1n) is 11.8. The molecule has 0 amide bonds. The summed E-state index contributed by atoms with van der Waals surface area (Å²) in [4.78, 5) is 12.5. The van der Waals surface area contributed by atoms with Crippen LogP contribution in [0.1, 0.15) is 27.0 Å². The van der Waals surface area contributed by atoms with Crippen LogP contribution in [0, 0.1) is 0 Å². The molecule has 0 radical (unpaired) electrons. The second kappa shape index (κ2) is 12.9. The van der Waals surface area contributed by atoms with E-state index in [0.29, 0.717) is 47.3 Å². The van der Waals surface area contributed by atoms with E-state index in [4.69, 9.17) is 23.7 Å². The van der Waals surface area contributed by atoms with Crippen molar-refractivity contribution in [3.8, 4) is 28.7 Å². The topological polar surface area (TPSA) is 75.3 Å². The summed E-state index contributed by atoms with van der Waals surface area (Å²) in [5.74, 6) is 2.10. The average Bonchev–Trinajstić information content (AvgIpc) is 2.94. The van der Waals surface area contributed by atoms with Gasteiger partial charge in [0.1, 0.15) is 0 Å². The van der Waals surface area contributed by atoms with Crippen LogP contribution >= 0.6 is 0 Å². The molecule has 0 atom stereocenters. The molecule has 208 valence electrons. The molecule has 0 saturated heterocycles. The predicted octanol–water partition coefficient (Wildman–Crippen LogP) is 6.34. The van der Waals surface area contributed by atoms with Crippen LogP contribution in [0.4, 0.5) is 18.9 Å². The van der Waals surface area contributed by atoms with Crippen LogP contribution in [0.5, 0.6) is 28.7 Å². The summed E-state index contributed by atoms with van der Waals surface area (Å²) in [6.45, 7) is 0. The van der Waals surface area contributed by atoms with Gasteiger partial charge >= 0.3 is 6.18 Å². The van der Waals surface area contributed by atoms with Gasteiger partial charge in [0, 0.05) is 17.8 Å². The van der Waals surface area contributed by atoms with E-state index in [1.54, 1.807) is 21.3 Å². The molecule has 39 heavy (non-hydrogen) atoms. The fourth-order valence-electron chi connectivity index (χ4n) is 3.97. The fraction of sp³-hybridized carbons (Fsp3) is 0.276. The van der Waals surface area contributed by atoms with E-state index in [0.717, 1.165) is 35.4 Å². The quantitative estimate of drug-likeness (QED) is 0.210. The molecule has 3 aromatic carbocycles. The Balaban J connectivity index is 1.79. The van der Waals surface area contributed by atoms with Crippen LogP contribution in [0.15, 0.2) is 60.8 Å². The van der Waals surface area contributed by atoms with Gasteiger partial charge in [-0.2, -0.15) is 13.2 Å². The number of halogens is 3. The molecule has 0 saturated carbocycles. The van der Waals surface area contributed by atoms with Crippen molar-refractivity contribution in [3.63, 3.8) is 0 Å². The number of hydrogen-bond donors (Lipinski definition) is 1. The van der Waals surface area contributed by atoms with Gasteiger partial charge in [0.05, 0.1) is 46.8 Å². The molecule has 7 nitrogen and oxygen atoms in total. The van der Waals surface area contributed by atoms with E-state index in [-0.39, 0.29) is 5.56 Å². The van der Waals surface area contributed by atoms with E-state index in [1.165, 1.54) is 26.5 Å². The minimum Gasteiger partial charge on any atom is -0.493 e. The van der Waals surface area contributed by atoms with Crippen molar-refractivity contribution >= 4 is 11.5 Å². The zero-order valence-corrected chi connectivity index (χ0v) is 22.3. The Hall–Kier alpha value is -4.34. The van der Waals surface area contributed by atoms with Crippen molar-refractivity contribution in [2.75, 3.05) is 40.9 Å². The first kappa shape index (κ1) is 29.2. The Morgan fingerprint density at radius 3 is 1.69 bits per heavy atom. The Morgan fingerprint density at radius 2 is 1.23 bits per heavy atom. The van der Waals surface area contributed by atoms with Gasteiger partial charge < -0.3 is 29.0 Å².